The molecule has 1 atom stereocenters. The van der Waals surface area contributed by atoms with Crippen LogP contribution in [0.2, 0.25) is 0 Å². The fourth-order valence-corrected chi connectivity index (χ4v) is 4.97. The molecule has 21 heavy (non-hydrogen) atoms. The van der Waals surface area contributed by atoms with Gasteiger partial charge in [0.25, 0.3) is 0 Å². The molecule has 0 aliphatic carbocycles. The Morgan fingerprint density at radius 3 is 2.76 bits per heavy atom. The second-order valence-electron chi connectivity index (χ2n) is 5.76. The normalized spacial score (nSPS) is 23.8. The van der Waals surface area contributed by atoms with Crippen molar-refractivity contribution >= 4 is 15.9 Å². The maximum atomic E-state index is 12.7. The van der Waals surface area contributed by atoms with E-state index in [9.17, 15) is 8.42 Å². The van der Waals surface area contributed by atoms with Crippen molar-refractivity contribution in [3.63, 3.8) is 0 Å². The molecule has 1 N–H and O–H groups in total. The van der Waals surface area contributed by atoms with Crippen molar-refractivity contribution in [1.29, 1.82) is 0 Å². The molecule has 1 saturated heterocycles. The van der Waals surface area contributed by atoms with Crippen LogP contribution in [0.1, 0.15) is 25.3 Å². The first-order valence-electron chi connectivity index (χ1n) is 7.61. The maximum absolute atomic E-state index is 12.7. The van der Waals surface area contributed by atoms with E-state index in [0.717, 1.165) is 44.6 Å². The first-order chi connectivity index (χ1) is 10.1. The van der Waals surface area contributed by atoms with Crippen molar-refractivity contribution < 1.29 is 8.42 Å². The van der Waals surface area contributed by atoms with Gasteiger partial charge in [0, 0.05) is 19.1 Å². The van der Waals surface area contributed by atoms with Crippen molar-refractivity contribution in [2.75, 3.05) is 26.2 Å². The summed E-state index contributed by atoms with van der Waals surface area (Å²) >= 11 is 0. The average Bonchev–Trinajstić information content (AvgIpc) is 2.70. The zero-order valence-corrected chi connectivity index (χ0v) is 13.2. The van der Waals surface area contributed by atoms with Crippen molar-refractivity contribution in [1.82, 2.24) is 10.2 Å². The van der Waals surface area contributed by atoms with Crippen molar-refractivity contribution in [2.45, 2.75) is 30.7 Å². The van der Waals surface area contributed by atoms with Gasteiger partial charge in [0.15, 0.2) is 0 Å². The Labute approximate surface area is 126 Å². The summed E-state index contributed by atoms with van der Waals surface area (Å²) in [6.07, 6.45) is 4.11. The Hall–Kier alpha value is -1.17. The molecule has 0 amide bonds. The number of hydrogen-bond donors (Lipinski definition) is 1. The molecule has 3 rings (SSSR count). The van der Waals surface area contributed by atoms with Crippen LogP contribution < -0.4 is 5.32 Å². The highest BCUT2D eigenvalue weighted by molar-refractivity contribution is 7.96. The fraction of sp³-hybridized carbons (Fsp3) is 0.500. The summed E-state index contributed by atoms with van der Waals surface area (Å²) in [5, 5.41) is 3.39. The Morgan fingerprint density at radius 2 is 1.95 bits per heavy atom. The fourth-order valence-electron chi connectivity index (χ4n) is 3.14. The van der Waals surface area contributed by atoms with Gasteiger partial charge in [-0.25, -0.2) is 8.42 Å². The number of rotatable bonds is 2. The standard InChI is InChI=1S/C16H22N2O2S/c1-13(18-10-5-4-8-17-9-11-18)16-12-14-6-2-3-7-15(14)21(16,19)20/h2-3,6-7,12-13,17H,4-5,8-11H2,1H3. The van der Waals surface area contributed by atoms with E-state index in [0.29, 0.717) is 9.80 Å². The van der Waals surface area contributed by atoms with Gasteiger partial charge in [-0.2, -0.15) is 0 Å². The lowest BCUT2D eigenvalue weighted by molar-refractivity contribution is 0.223. The quantitative estimate of drug-likeness (QED) is 0.906. The monoisotopic (exact) mass is 306 g/mol. The number of fused-ring (bicyclic) bond motifs is 1. The molecule has 1 aromatic carbocycles. The predicted molar refractivity (Wildman–Crippen MR) is 84.7 cm³/mol. The molecule has 0 bridgehead atoms. The second-order valence-corrected chi connectivity index (χ2v) is 7.68. The molecule has 2 heterocycles. The Morgan fingerprint density at radius 1 is 1.14 bits per heavy atom. The minimum absolute atomic E-state index is 0.0673. The molecule has 0 radical (unpaired) electrons. The molecule has 1 unspecified atom stereocenters. The van der Waals surface area contributed by atoms with Crippen LogP contribution in [-0.2, 0) is 9.84 Å². The number of hydrogen-bond acceptors (Lipinski definition) is 4. The summed E-state index contributed by atoms with van der Waals surface area (Å²) < 4.78 is 25.4. The van der Waals surface area contributed by atoms with Gasteiger partial charge in [-0.05, 0) is 50.6 Å². The van der Waals surface area contributed by atoms with Crippen LogP contribution in [0.4, 0.5) is 0 Å². The van der Waals surface area contributed by atoms with E-state index >= 15 is 0 Å². The van der Waals surface area contributed by atoms with E-state index in [2.05, 4.69) is 10.2 Å². The molecule has 5 heteroatoms. The zero-order valence-electron chi connectivity index (χ0n) is 12.4. The molecule has 1 aromatic rings. The third kappa shape index (κ3) is 2.78. The van der Waals surface area contributed by atoms with E-state index in [1.54, 1.807) is 12.1 Å². The van der Waals surface area contributed by atoms with Crippen LogP contribution in [-0.4, -0.2) is 45.5 Å². The summed E-state index contributed by atoms with van der Waals surface area (Å²) in [5.41, 5.74) is 0.824. The smallest absolute Gasteiger partial charge is 0.204 e. The van der Waals surface area contributed by atoms with Gasteiger partial charge in [0.2, 0.25) is 9.84 Å². The van der Waals surface area contributed by atoms with Crippen LogP contribution in [0.25, 0.3) is 6.08 Å². The van der Waals surface area contributed by atoms with Gasteiger partial charge in [-0.3, -0.25) is 4.90 Å². The van der Waals surface area contributed by atoms with Gasteiger partial charge in [-0.15, -0.1) is 0 Å². The van der Waals surface area contributed by atoms with Gasteiger partial charge >= 0.3 is 0 Å². The first kappa shape index (κ1) is 14.8. The van der Waals surface area contributed by atoms with Crippen LogP contribution in [0, 0.1) is 0 Å². The molecule has 0 saturated carbocycles. The van der Waals surface area contributed by atoms with E-state index in [1.807, 2.05) is 25.1 Å². The first-order valence-corrected chi connectivity index (χ1v) is 9.09. The summed E-state index contributed by atoms with van der Waals surface area (Å²) in [6, 6.07) is 7.19. The van der Waals surface area contributed by atoms with E-state index in [-0.39, 0.29) is 6.04 Å². The van der Waals surface area contributed by atoms with Crippen LogP contribution >= 0.6 is 0 Å². The van der Waals surface area contributed by atoms with Gasteiger partial charge in [-0.1, -0.05) is 18.2 Å². The summed E-state index contributed by atoms with van der Waals surface area (Å²) in [4.78, 5) is 3.28. The Balaban J connectivity index is 1.87. The Kier molecular flexibility index (Phi) is 4.15. The van der Waals surface area contributed by atoms with E-state index in [1.165, 1.54) is 0 Å². The predicted octanol–water partition coefficient (Wildman–Crippen LogP) is 1.89. The molecular formula is C16H22N2O2S. The molecule has 2 aliphatic heterocycles. The van der Waals surface area contributed by atoms with E-state index in [4.69, 9.17) is 0 Å². The third-order valence-corrected chi connectivity index (χ3v) is 6.43. The number of benzene rings is 1. The molecule has 1 fully saturated rings. The van der Waals surface area contributed by atoms with Crippen LogP contribution in [0.5, 0.6) is 0 Å². The van der Waals surface area contributed by atoms with Crippen molar-refractivity contribution in [3.05, 3.63) is 34.7 Å². The van der Waals surface area contributed by atoms with Gasteiger partial charge in [0.05, 0.1) is 9.80 Å². The van der Waals surface area contributed by atoms with Crippen LogP contribution in [0.15, 0.2) is 34.1 Å². The lowest BCUT2D eigenvalue weighted by Gasteiger charge is -2.31. The molecule has 4 nitrogen and oxygen atoms in total. The number of nitrogens with one attached hydrogen (secondary N) is 1. The topological polar surface area (TPSA) is 49.4 Å². The number of sulfone groups is 1. The highest BCUT2D eigenvalue weighted by atomic mass is 32.2. The molecule has 2 aliphatic rings. The second kappa shape index (κ2) is 5.91. The van der Waals surface area contributed by atoms with Gasteiger partial charge < -0.3 is 5.32 Å². The average molecular weight is 306 g/mol. The summed E-state index contributed by atoms with van der Waals surface area (Å²) in [7, 11) is -3.32. The zero-order chi connectivity index (χ0) is 14.9. The highest BCUT2D eigenvalue weighted by Crippen LogP contribution is 2.35. The minimum atomic E-state index is -3.32. The maximum Gasteiger partial charge on any atom is 0.204 e. The molecule has 114 valence electrons. The summed E-state index contributed by atoms with van der Waals surface area (Å²) in [6.45, 7) is 5.85. The Bertz CT molecular complexity index is 644. The number of nitrogens with zero attached hydrogens (tertiary/aromatic N) is 1. The lowest BCUT2D eigenvalue weighted by atomic mass is 10.1. The minimum Gasteiger partial charge on any atom is -0.315 e. The third-order valence-electron chi connectivity index (χ3n) is 4.40. The lowest BCUT2D eigenvalue weighted by Crippen LogP contribution is -2.42. The largest absolute Gasteiger partial charge is 0.315 e. The highest BCUT2D eigenvalue weighted by Gasteiger charge is 2.34. The molecular weight excluding hydrogens is 284 g/mol. The van der Waals surface area contributed by atoms with Crippen molar-refractivity contribution in [3.8, 4) is 0 Å². The summed E-state index contributed by atoms with van der Waals surface area (Å²) in [5.74, 6) is 0. The van der Waals surface area contributed by atoms with E-state index < -0.39 is 9.84 Å². The molecule has 0 aromatic heterocycles. The van der Waals surface area contributed by atoms with Crippen molar-refractivity contribution in [2.24, 2.45) is 0 Å². The SMILES string of the molecule is CC(C1=Cc2ccccc2S1(=O)=O)N1CCCCNCC1. The van der Waals surface area contributed by atoms with Gasteiger partial charge in [0.1, 0.15) is 0 Å². The van der Waals surface area contributed by atoms with Crippen LogP contribution in [0.3, 0.4) is 0 Å². The molecule has 0 spiro atoms.